The van der Waals surface area contributed by atoms with Crippen LogP contribution in [0.1, 0.15) is 11.3 Å². The van der Waals surface area contributed by atoms with Crippen molar-refractivity contribution in [2.45, 2.75) is 13.5 Å². The Labute approximate surface area is 116 Å². The lowest BCUT2D eigenvalue weighted by atomic mass is 10.1. The van der Waals surface area contributed by atoms with Crippen LogP contribution >= 0.6 is 0 Å². The van der Waals surface area contributed by atoms with Gasteiger partial charge in [-0.2, -0.15) is 5.10 Å². The van der Waals surface area contributed by atoms with Crippen LogP contribution in [-0.4, -0.2) is 14.9 Å². The molecular weight excluding hydrogens is 254 g/mol. The standard InChI is InChI=1S/C15H15N3O2/c1-11-3-5-12(6-4-11)15-7-13(20-17-15)10-19-14-8-16-18(2)9-14/h3-9H,10H2,1-2H3. The SMILES string of the molecule is Cc1ccc(-c2cc(COc3cnn(C)c3)on2)cc1. The van der Waals surface area contributed by atoms with Gasteiger partial charge in [-0.25, -0.2) is 0 Å². The first-order valence-electron chi connectivity index (χ1n) is 6.35. The smallest absolute Gasteiger partial charge is 0.174 e. The van der Waals surface area contributed by atoms with E-state index < -0.39 is 0 Å². The fourth-order valence-electron chi connectivity index (χ4n) is 1.87. The molecule has 2 aromatic heterocycles. The van der Waals surface area contributed by atoms with E-state index in [2.05, 4.69) is 29.3 Å². The van der Waals surface area contributed by atoms with Gasteiger partial charge in [-0.1, -0.05) is 35.0 Å². The van der Waals surface area contributed by atoms with Crippen LogP contribution in [0.3, 0.4) is 0 Å². The molecule has 3 aromatic rings. The van der Waals surface area contributed by atoms with Gasteiger partial charge < -0.3 is 9.26 Å². The van der Waals surface area contributed by atoms with Crippen molar-refractivity contribution in [3.63, 3.8) is 0 Å². The minimum Gasteiger partial charge on any atom is -0.482 e. The molecule has 0 N–H and O–H groups in total. The van der Waals surface area contributed by atoms with E-state index in [0.29, 0.717) is 18.1 Å². The van der Waals surface area contributed by atoms with E-state index in [-0.39, 0.29) is 0 Å². The van der Waals surface area contributed by atoms with Gasteiger partial charge in [-0.05, 0) is 6.92 Å². The molecule has 102 valence electrons. The molecule has 0 unspecified atom stereocenters. The van der Waals surface area contributed by atoms with Crippen LogP contribution in [0.5, 0.6) is 5.75 Å². The molecule has 0 aliphatic heterocycles. The van der Waals surface area contributed by atoms with Crippen LogP contribution in [-0.2, 0) is 13.7 Å². The number of hydrogen-bond acceptors (Lipinski definition) is 4. The highest BCUT2D eigenvalue weighted by Crippen LogP contribution is 2.20. The van der Waals surface area contributed by atoms with Gasteiger partial charge in [0.25, 0.3) is 0 Å². The molecule has 0 spiro atoms. The van der Waals surface area contributed by atoms with Crippen LogP contribution in [0.15, 0.2) is 47.2 Å². The lowest BCUT2D eigenvalue weighted by Crippen LogP contribution is -1.92. The van der Waals surface area contributed by atoms with Crippen molar-refractivity contribution >= 4 is 0 Å². The molecule has 0 bridgehead atoms. The largest absolute Gasteiger partial charge is 0.482 e. The van der Waals surface area contributed by atoms with Crippen LogP contribution in [0.25, 0.3) is 11.3 Å². The van der Waals surface area contributed by atoms with Crippen LogP contribution in [0.4, 0.5) is 0 Å². The summed E-state index contributed by atoms with van der Waals surface area (Å²) < 4.78 is 12.5. The van der Waals surface area contributed by atoms with Crippen LogP contribution in [0.2, 0.25) is 0 Å². The molecule has 5 heteroatoms. The second-order valence-electron chi connectivity index (χ2n) is 4.68. The molecule has 20 heavy (non-hydrogen) atoms. The van der Waals surface area contributed by atoms with Gasteiger partial charge in [-0.3, -0.25) is 4.68 Å². The summed E-state index contributed by atoms with van der Waals surface area (Å²) in [6, 6.07) is 10.0. The molecule has 2 heterocycles. The first kappa shape index (κ1) is 12.5. The summed E-state index contributed by atoms with van der Waals surface area (Å²) in [5, 5.41) is 8.09. The molecule has 5 nitrogen and oxygen atoms in total. The van der Waals surface area contributed by atoms with E-state index in [1.807, 2.05) is 25.2 Å². The van der Waals surface area contributed by atoms with Gasteiger partial charge in [0.15, 0.2) is 11.5 Å². The molecule has 0 fully saturated rings. The zero-order valence-corrected chi connectivity index (χ0v) is 11.4. The maximum atomic E-state index is 5.56. The Kier molecular flexibility index (Phi) is 3.25. The minimum atomic E-state index is 0.338. The van der Waals surface area contributed by atoms with Crippen molar-refractivity contribution in [3.05, 3.63) is 54.0 Å². The van der Waals surface area contributed by atoms with Gasteiger partial charge in [0.05, 0.1) is 12.4 Å². The summed E-state index contributed by atoms with van der Waals surface area (Å²) in [4.78, 5) is 0. The highest BCUT2D eigenvalue weighted by atomic mass is 16.5. The van der Waals surface area contributed by atoms with Crippen LogP contribution < -0.4 is 4.74 Å². The molecule has 0 saturated heterocycles. The molecule has 0 atom stereocenters. The van der Waals surface area contributed by atoms with E-state index in [0.717, 1.165) is 11.3 Å². The Bertz CT molecular complexity index is 698. The minimum absolute atomic E-state index is 0.338. The van der Waals surface area contributed by atoms with E-state index >= 15 is 0 Å². The summed E-state index contributed by atoms with van der Waals surface area (Å²) >= 11 is 0. The Hall–Kier alpha value is -2.56. The summed E-state index contributed by atoms with van der Waals surface area (Å²) in [5.74, 6) is 1.39. The molecule has 0 aliphatic rings. The Morgan fingerprint density at radius 3 is 2.75 bits per heavy atom. The monoisotopic (exact) mass is 269 g/mol. The van der Waals surface area contributed by atoms with Gasteiger partial charge >= 0.3 is 0 Å². The molecule has 1 aromatic carbocycles. The predicted molar refractivity (Wildman–Crippen MR) is 74.2 cm³/mol. The first-order valence-corrected chi connectivity index (χ1v) is 6.35. The third kappa shape index (κ3) is 2.71. The third-order valence-corrected chi connectivity index (χ3v) is 2.97. The number of benzene rings is 1. The number of hydrogen-bond donors (Lipinski definition) is 0. The van der Waals surface area contributed by atoms with E-state index in [1.54, 1.807) is 17.1 Å². The summed E-state index contributed by atoms with van der Waals surface area (Å²) in [6.45, 7) is 2.39. The summed E-state index contributed by atoms with van der Waals surface area (Å²) in [6.07, 6.45) is 3.47. The van der Waals surface area contributed by atoms with Crippen molar-refractivity contribution in [2.24, 2.45) is 7.05 Å². The van der Waals surface area contributed by atoms with Gasteiger partial charge in [0.2, 0.25) is 0 Å². The van der Waals surface area contributed by atoms with Crippen molar-refractivity contribution in [1.29, 1.82) is 0 Å². The van der Waals surface area contributed by atoms with Gasteiger partial charge in [0.1, 0.15) is 12.3 Å². The second-order valence-corrected chi connectivity index (χ2v) is 4.68. The Balaban J connectivity index is 1.69. The van der Waals surface area contributed by atoms with Crippen molar-refractivity contribution in [3.8, 4) is 17.0 Å². The van der Waals surface area contributed by atoms with E-state index in [9.17, 15) is 0 Å². The highest BCUT2D eigenvalue weighted by molar-refractivity contribution is 5.59. The lowest BCUT2D eigenvalue weighted by molar-refractivity contribution is 0.249. The van der Waals surface area contributed by atoms with E-state index in [1.165, 1.54) is 5.56 Å². The zero-order valence-electron chi connectivity index (χ0n) is 11.4. The average molecular weight is 269 g/mol. The van der Waals surface area contributed by atoms with Gasteiger partial charge in [0, 0.05) is 18.7 Å². The zero-order chi connectivity index (χ0) is 13.9. The third-order valence-electron chi connectivity index (χ3n) is 2.97. The highest BCUT2D eigenvalue weighted by Gasteiger charge is 2.07. The summed E-state index contributed by atoms with van der Waals surface area (Å²) in [5.41, 5.74) is 3.07. The average Bonchev–Trinajstić information content (AvgIpc) is 3.06. The van der Waals surface area contributed by atoms with Crippen LogP contribution in [0, 0.1) is 6.92 Å². The van der Waals surface area contributed by atoms with E-state index in [4.69, 9.17) is 9.26 Å². The van der Waals surface area contributed by atoms with Crippen molar-refractivity contribution in [1.82, 2.24) is 14.9 Å². The van der Waals surface area contributed by atoms with Crippen molar-refractivity contribution in [2.75, 3.05) is 0 Å². The molecule has 3 rings (SSSR count). The van der Waals surface area contributed by atoms with Gasteiger partial charge in [-0.15, -0.1) is 0 Å². The first-order chi connectivity index (χ1) is 9.70. The quantitative estimate of drug-likeness (QED) is 0.730. The fourth-order valence-corrected chi connectivity index (χ4v) is 1.87. The second kappa shape index (κ2) is 5.21. The number of nitrogens with zero attached hydrogens (tertiary/aromatic N) is 3. The Morgan fingerprint density at radius 1 is 1.25 bits per heavy atom. The number of aryl methyl sites for hydroxylation is 2. The molecule has 0 radical (unpaired) electrons. The number of aromatic nitrogens is 3. The maximum absolute atomic E-state index is 5.56. The number of rotatable bonds is 4. The normalized spacial score (nSPS) is 10.7. The molecule has 0 aliphatic carbocycles. The maximum Gasteiger partial charge on any atom is 0.174 e. The number of ether oxygens (including phenoxy) is 1. The Morgan fingerprint density at radius 2 is 2.05 bits per heavy atom. The predicted octanol–water partition coefficient (Wildman–Crippen LogP) is 2.96. The lowest BCUT2D eigenvalue weighted by Gasteiger charge is -1.98. The molecule has 0 amide bonds. The fraction of sp³-hybridized carbons (Fsp3) is 0.200. The molecule has 0 saturated carbocycles. The topological polar surface area (TPSA) is 53.1 Å². The molecular formula is C15H15N3O2. The van der Waals surface area contributed by atoms with Crippen molar-refractivity contribution < 1.29 is 9.26 Å². The summed E-state index contributed by atoms with van der Waals surface area (Å²) in [7, 11) is 1.84.